The van der Waals surface area contributed by atoms with E-state index in [1.54, 1.807) is 14.2 Å². The van der Waals surface area contributed by atoms with Crippen LogP contribution in [-0.4, -0.2) is 33.5 Å². The van der Waals surface area contributed by atoms with Crippen LogP contribution in [0.3, 0.4) is 0 Å². The van der Waals surface area contributed by atoms with Gasteiger partial charge in [0.2, 0.25) is 0 Å². The van der Waals surface area contributed by atoms with E-state index in [2.05, 4.69) is 25.2 Å². The summed E-state index contributed by atoms with van der Waals surface area (Å²) in [5.41, 5.74) is 1.17. The molecule has 0 saturated carbocycles. The Morgan fingerprint density at radius 3 is 2.29 bits per heavy atom. The van der Waals surface area contributed by atoms with Crippen LogP contribution in [0.1, 0.15) is 45.2 Å². The molecule has 0 aliphatic heterocycles. The Morgan fingerprint density at radius 1 is 1.05 bits per heavy atom. The normalized spacial score (nSPS) is 13.8. The van der Waals surface area contributed by atoms with Gasteiger partial charge in [-0.05, 0) is 37.6 Å². The van der Waals surface area contributed by atoms with Gasteiger partial charge in [0.15, 0.2) is 11.5 Å². The largest absolute Gasteiger partial charge is 0.493 e. The summed E-state index contributed by atoms with van der Waals surface area (Å²) >= 11 is 0. The zero-order valence-electron chi connectivity index (χ0n) is 13.9. The van der Waals surface area contributed by atoms with Gasteiger partial charge < -0.3 is 19.5 Å². The first-order valence-corrected chi connectivity index (χ1v) is 7.78. The van der Waals surface area contributed by atoms with E-state index in [4.69, 9.17) is 14.2 Å². The van der Waals surface area contributed by atoms with Crippen molar-refractivity contribution < 1.29 is 14.2 Å². The Bertz CT molecular complexity index is 403. The molecular weight excluding hydrogens is 266 g/mol. The first-order valence-electron chi connectivity index (χ1n) is 7.78. The minimum Gasteiger partial charge on any atom is -0.493 e. The molecule has 1 aromatic rings. The Balaban J connectivity index is 3.07. The third-order valence-electron chi connectivity index (χ3n) is 3.52. The molecule has 1 rings (SSSR count). The summed E-state index contributed by atoms with van der Waals surface area (Å²) in [4.78, 5) is 0. The zero-order chi connectivity index (χ0) is 15.7. The maximum atomic E-state index is 5.95. The first-order chi connectivity index (χ1) is 10.2. The van der Waals surface area contributed by atoms with Gasteiger partial charge >= 0.3 is 0 Å². The van der Waals surface area contributed by atoms with E-state index in [0.29, 0.717) is 0 Å². The predicted octanol–water partition coefficient (Wildman–Crippen LogP) is 3.56. The van der Waals surface area contributed by atoms with Crippen LogP contribution in [0.5, 0.6) is 11.5 Å². The topological polar surface area (TPSA) is 39.7 Å². The van der Waals surface area contributed by atoms with E-state index in [1.807, 2.05) is 19.1 Å². The van der Waals surface area contributed by atoms with E-state index in [0.717, 1.165) is 37.5 Å². The molecule has 4 heteroatoms. The van der Waals surface area contributed by atoms with Gasteiger partial charge in [-0.15, -0.1) is 0 Å². The van der Waals surface area contributed by atoms with Crippen LogP contribution in [0.4, 0.5) is 0 Å². The SMILES string of the molecule is CCCC(OCC)C(NCC)c1ccc(OC)c(OC)c1. The van der Waals surface area contributed by atoms with Crippen LogP contribution in [0, 0.1) is 0 Å². The Hall–Kier alpha value is -1.26. The minimum atomic E-state index is 0.162. The van der Waals surface area contributed by atoms with Crippen LogP contribution < -0.4 is 14.8 Å². The third kappa shape index (κ3) is 4.90. The fourth-order valence-corrected chi connectivity index (χ4v) is 2.57. The number of benzene rings is 1. The summed E-state index contributed by atoms with van der Waals surface area (Å²) in [5.74, 6) is 1.50. The number of likely N-dealkylation sites (N-methyl/N-ethyl adjacent to an activating group) is 1. The molecule has 120 valence electrons. The second-order valence-electron chi connectivity index (χ2n) is 4.93. The van der Waals surface area contributed by atoms with Crippen molar-refractivity contribution in [3.8, 4) is 11.5 Å². The van der Waals surface area contributed by atoms with E-state index in [-0.39, 0.29) is 12.1 Å². The second kappa shape index (κ2) is 9.64. The third-order valence-corrected chi connectivity index (χ3v) is 3.52. The minimum absolute atomic E-state index is 0.162. The van der Waals surface area contributed by atoms with Crippen LogP contribution in [0.2, 0.25) is 0 Å². The van der Waals surface area contributed by atoms with Crippen LogP contribution in [0.15, 0.2) is 18.2 Å². The highest BCUT2D eigenvalue weighted by Gasteiger charge is 2.23. The number of nitrogens with one attached hydrogen (secondary N) is 1. The fraction of sp³-hybridized carbons (Fsp3) is 0.647. The van der Waals surface area contributed by atoms with Crippen molar-refractivity contribution in [2.45, 2.75) is 45.8 Å². The van der Waals surface area contributed by atoms with Crippen LogP contribution in [0.25, 0.3) is 0 Å². The molecule has 2 unspecified atom stereocenters. The summed E-state index contributed by atoms with van der Waals surface area (Å²) in [5, 5.41) is 3.54. The molecule has 21 heavy (non-hydrogen) atoms. The standard InChI is InChI=1S/C17H29NO3/c1-6-9-15(21-8-3)17(18-7-2)13-10-11-14(19-4)16(12-13)20-5/h10-12,15,17-18H,6-9H2,1-5H3. The van der Waals surface area contributed by atoms with Crippen molar-refractivity contribution in [3.05, 3.63) is 23.8 Å². The molecule has 0 aromatic heterocycles. The fourth-order valence-electron chi connectivity index (χ4n) is 2.57. The molecule has 0 saturated heterocycles. The molecule has 0 aliphatic carbocycles. The van der Waals surface area contributed by atoms with Crippen LogP contribution >= 0.6 is 0 Å². The lowest BCUT2D eigenvalue weighted by molar-refractivity contribution is 0.0279. The van der Waals surface area contributed by atoms with Gasteiger partial charge in [-0.2, -0.15) is 0 Å². The van der Waals surface area contributed by atoms with E-state index in [9.17, 15) is 0 Å². The van der Waals surface area contributed by atoms with Gasteiger partial charge in [0.05, 0.1) is 26.4 Å². The van der Waals surface area contributed by atoms with Crippen molar-refractivity contribution in [1.29, 1.82) is 0 Å². The highest BCUT2D eigenvalue weighted by atomic mass is 16.5. The number of hydrogen-bond donors (Lipinski definition) is 1. The molecule has 1 aromatic carbocycles. The number of methoxy groups -OCH3 is 2. The van der Waals surface area contributed by atoms with Gasteiger partial charge in [0, 0.05) is 6.61 Å². The average Bonchev–Trinajstić information content (AvgIpc) is 2.52. The monoisotopic (exact) mass is 295 g/mol. The molecule has 0 spiro atoms. The van der Waals surface area contributed by atoms with Crippen molar-refractivity contribution in [3.63, 3.8) is 0 Å². The second-order valence-corrected chi connectivity index (χ2v) is 4.93. The van der Waals surface area contributed by atoms with Crippen molar-refractivity contribution in [1.82, 2.24) is 5.32 Å². The summed E-state index contributed by atoms with van der Waals surface area (Å²) < 4.78 is 16.7. The first kappa shape index (κ1) is 17.8. The molecule has 1 N–H and O–H groups in total. The van der Waals surface area contributed by atoms with Crippen molar-refractivity contribution in [2.24, 2.45) is 0 Å². The van der Waals surface area contributed by atoms with E-state index in [1.165, 1.54) is 5.56 Å². The van der Waals surface area contributed by atoms with Crippen molar-refractivity contribution >= 4 is 0 Å². The van der Waals surface area contributed by atoms with Crippen LogP contribution in [-0.2, 0) is 4.74 Å². The molecule has 0 bridgehead atoms. The number of ether oxygens (including phenoxy) is 3. The Labute approximate surface area is 128 Å². The van der Waals surface area contributed by atoms with Crippen molar-refractivity contribution in [2.75, 3.05) is 27.4 Å². The molecular formula is C17H29NO3. The lowest BCUT2D eigenvalue weighted by atomic mass is 9.97. The van der Waals surface area contributed by atoms with Gasteiger partial charge in [0.25, 0.3) is 0 Å². The van der Waals surface area contributed by atoms with Gasteiger partial charge in [0.1, 0.15) is 0 Å². The zero-order valence-corrected chi connectivity index (χ0v) is 13.9. The quantitative estimate of drug-likeness (QED) is 0.716. The van der Waals surface area contributed by atoms with Gasteiger partial charge in [-0.1, -0.05) is 26.3 Å². The lowest BCUT2D eigenvalue weighted by Gasteiger charge is -2.28. The summed E-state index contributed by atoms with van der Waals surface area (Å²) in [6, 6.07) is 6.23. The molecule has 0 amide bonds. The highest BCUT2D eigenvalue weighted by molar-refractivity contribution is 5.44. The molecule has 0 radical (unpaired) electrons. The van der Waals surface area contributed by atoms with Gasteiger partial charge in [-0.25, -0.2) is 0 Å². The van der Waals surface area contributed by atoms with Gasteiger partial charge in [-0.3, -0.25) is 0 Å². The molecule has 0 aliphatic rings. The Kier molecular flexibility index (Phi) is 8.16. The lowest BCUT2D eigenvalue weighted by Crippen LogP contribution is -2.34. The molecule has 0 heterocycles. The summed E-state index contributed by atoms with van der Waals surface area (Å²) in [6.45, 7) is 7.96. The molecule has 2 atom stereocenters. The predicted molar refractivity (Wildman–Crippen MR) is 86.3 cm³/mol. The highest BCUT2D eigenvalue weighted by Crippen LogP contribution is 2.32. The number of hydrogen-bond acceptors (Lipinski definition) is 4. The van der Waals surface area contributed by atoms with E-state index < -0.39 is 0 Å². The maximum absolute atomic E-state index is 5.95. The maximum Gasteiger partial charge on any atom is 0.161 e. The van der Waals surface area contributed by atoms with E-state index >= 15 is 0 Å². The molecule has 0 fully saturated rings. The number of rotatable bonds is 10. The summed E-state index contributed by atoms with van der Waals surface area (Å²) in [7, 11) is 3.31. The average molecular weight is 295 g/mol. The molecule has 4 nitrogen and oxygen atoms in total. The Morgan fingerprint density at radius 2 is 1.76 bits per heavy atom. The summed E-state index contributed by atoms with van der Waals surface area (Å²) in [6.07, 6.45) is 2.29. The smallest absolute Gasteiger partial charge is 0.161 e.